The number of sulfonamides is 1. The molecule has 0 radical (unpaired) electrons. The second-order valence-corrected chi connectivity index (χ2v) is 6.54. The van der Waals surface area contributed by atoms with Gasteiger partial charge >= 0.3 is 0 Å². The van der Waals surface area contributed by atoms with E-state index in [1.54, 1.807) is 0 Å². The molecule has 0 aromatic heterocycles. The van der Waals surface area contributed by atoms with Gasteiger partial charge in [0.15, 0.2) is 0 Å². The zero-order chi connectivity index (χ0) is 11.3. The number of hydrogen-bond donors (Lipinski definition) is 1. The van der Waals surface area contributed by atoms with Crippen LogP contribution in [0.3, 0.4) is 0 Å². The molecule has 0 saturated heterocycles. The maximum atomic E-state index is 10.8. The van der Waals surface area contributed by atoms with Crippen molar-refractivity contribution < 1.29 is 8.42 Å². The van der Waals surface area contributed by atoms with E-state index in [0.29, 0.717) is 6.54 Å². The maximum Gasteiger partial charge on any atom is 0.208 e. The third kappa shape index (κ3) is 6.15. The summed E-state index contributed by atoms with van der Waals surface area (Å²) in [7, 11) is -2.98. The summed E-state index contributed by atoms with van der Waals surface area (Å²) in [6, 6.07) is 0. The Balaban J connectivity index is 1.95. The van der Waals surface area contributed by atoms with Crippen LogP contribution in [-0.2, 0) is 10.0 Å². The lowest BCUT2D eigenvalue weighted by Gasteiger charge is -2.02. The first-order chi connectivity index (χ1) is 7.03. The molecule has 0 spiro atoms. The van der Waals surface area contributed by atoms with E-state index in [1.807, 2.05) is 0 Å². The van der Waals surface area contributed by atoms with Gasteiger partial charge in [0.2, 0.25) is 10.0 Å². The molecule has 3 nitrogen and oxygen atoms in total. The van der Waals surface area contributed by atoms with Crippen LogP contribution in [-0.4, -0.2) is 21.2 Å². The normalized spacial score (nSPS) is 25.5. The Hall–Kier alpha value is -0.0900. The Kier molecular flexibility index (Phi) is 5.06. The molecular weight excluding hydrogens is 210 g/mol. The van der Waals surface area contributed by atoms with Crippen molar-refractivity contribution in [1.82, 2.24) is 4.72 Å². The van der Waals surface area contributed by atoms with Crippen LogP contribution in [0.4, 0.5) is 0 Å². The number of rotatable bonds is 8. The van der Waals surface area contributed by atoms with E-state index in [0.717, 1.165) is 18.3 Å². The molecule has 1 fully saturated rings. The highest BCUT2D eigenvalue weighted by Gasteiger charge is 2.34. The van der Waals surface area contributed by atoms with Gasteiger partial charge in [-0.3, -0.25) is 0 Å². The van der Waals surface area contributed by atoms with Gasteiger partial charge in [0, 0.05) is 6.54 Å². The molecule has 0 bridgehead atoms. The van der Waals surface area contributed by atoms with Crippen molar-refractivity contribution in [2.24, 2.45) is 11.8 Å². The first kappa shape index (κ1) is 13.0. The van der Waals surface area contributed by atoms with Gasteiger partial charge in [-0.05, 0) is 31.1 Å². The minimum atomic E-state index is -2.98. The lowest BCUT2D eigenvalue weighted by atomic mass is 10.1. The van der Waals surface area contributed by atoms with Gasteiger partial charge in [-0.15, -0.1) is 0 Å². The van der Waals surface area contributed by atoms with Crippen LogP contribution in [0.15, 0.2) is 0 Å². The summed E-state index contributed by atoms with van der Waals surface area (Å²) in [6.07, 6.45) is 8.78. The van der Waals surface area contributed by atoms with Crippen LogP contribution in [0.5, 0.6) is 0 Å². The highest BCUT2D eigenvalue weighted by Crippen LogP contribution is 2.45. The second-order valence-electron chi connectivity index (χ2n) is 4.71. The summed E-state index contributed by atoms with van der Waals surface area (Å²) in [5, 5.41) is 0. The van der Waals surface area contributed by atoms with Crippen molar-refractivity contribution >= 4 is 10.0 Å². The van der Waals surface area contributed by atoms with Gasteiger partial charge in [-0.2, -0.15) is 0 Å². The van der Waals surface area contributed by atoms with E-state index >= 15 is 0 Å². The summed E-state index contributed by atoms with van der Waals surface area (Å²) >= 11 is 0. The van der Waals surface area contributed by atoms with Crippen molar-refractivity contribution in [3.05, 3.63) is 0 Å². The Morgan fingerprint density at radius 3 is 2.33 bits per heavy atom. The molecule has 1 rings (SSSR count). The standard InChI is InChI=1S/C11H23NO2S/c1-3-4-6-10-9-11(10)7-5-8-12-15(2,13)14/h10-12H,3-9H2,1-2H3. The predicted octanol–water partition coefficient (Wildman–Crippen LogP) is 2.14. The third-order valence-electron chi connectivity index (χ3n) is 3.11. The molecule has 90 valence electrons. The molecule has 2 unspecified atom stereocenters. The van der Waals surface area contributed by atoms with Crippen molar-refractivity contribution in [3.8, 4) is 0 Å². The third-order valence-corrected chi connectivity index (χ3v) is 3.84. The molecular formula is C11H23NO2S. The zero-order valence-electron chi connectivity index (χ0n) is 9.83. The van der Waals surface area contributed by atoms with E-state index in [4.69, 9.17) is 0 Å². The largest absolute Gasteiger partial charge is 0.215 e. The monoisotopic (exact) mass is 233 g/mol. The fourth-order valence-corrected chi connectivity index (χ4v) is 2.62. The summed E-state index contributed by atoms with van der Waals surface area (Å²) in [5.41, 5.74) is 0. The maximum absolute atomic E-state index is 10.8. The molecule has 0 aromatic rings. The molecule has 1 saturated carbocycles. The predicted molar refractivity (Wildman–Crippen MR) is 63.2 cm³/mol. The van der Waals surface area contributed by atoms with E-state index in [-0.39, 0.29) is 0 Å². The zero-order valence-corrected chi connectivity index (χ0v) is 10.6. The molecule has 15 heavy (non-hydrogen) atoms. The van der Waals surface area contributed by atoms with Crippen LogP contribution < -0.4 is 4.72 Å². The fraction of sp³-hybridized carbons (Fsp3) is 1.00. The SMILES string of the molecule is CCCCC1CC1CCCNS(C)(=O)=O. The van der Waals surface area contributed by atoms with Crippen LogP contribution in [0, 0.1) is 11.8 Å². The van der Waals surface area contributed by atoms with E-state index in [2.05, 4.69) is 11.6 Å². The Bertz CT molecular complexity index is 274. The Morgan fingerprint density at radius 2 is 1.80 bits per heavy atom. The first-order valence-corrected chi connectivity index (χ1v) is 7.86. The highest BCUT2D eigenvalue weighted by atomic mass is 32.2. The number of nitrogens with one attached hydrogen (secondary N) is 1. The molecule has 0 aromatic carbocycles. The van der Waals surface area contributed by atoms with E-state index in [1.165, 1.54) is 38.4 Å². The molecule has 4 heteroatoms. The lowest BCUT2D eigenvalue weighted by molar-refractivity contribution is 0.551. The van der Waals surface area contributed by atoms with Crippen molar-refractivity contribution in [1.29, 1.82) is 0 Å². The fourth-order valence-electron chi connectivity index (χ4n) is 2.11. The summed E-state index contributed by atoms with van der Waals surface area (Å²) in [4.78, 5) is 0. The van der Waals surface area contributed by atoms with Gasteiger partial charge in [0.1, 0.15) is 0 Å². The van der Waals surface area contributed by atoms with Crippen LogP contribution in [0.25, 0.3) is 0 Å². The summed E-state index contributed by atoms with van der Waals surface area (Å²) in [5.74, 6) is 1.83. The average Bonchev–Trinajstić information content (AvgIpc) is 2.87. The molecule has 1 N–H and O–H groups in total. The number of hydrogen-bond acceptors (Lipinski definition) is 2. The Morgan fingerprint density at radius 1 is 1.20 bits per heavy atom. The minimum absolute atomic E-state index is 0.607. The first-order valence-electron chi connectivity index (χ1n) is 5.97. The molecule has 1 aliphatic rings. The summed E-state index contributed by atoms with van der Waals surface area (Å²) in [6.45, 7) is 2.84. The molecule has 1 aliphatic carbocycles. The van der Waals surface area contributed by atoms with Gasteiger partial charge < -0.3 is 0 Å². The Labute approximate surface area is 93.7 Å². The average molecular weight is 233 g/mol. The smallest absolute Gasteiger partial charge is 0.208 e. The van der Waals surface area contributed by atoms with Gasteiger partial charge in [0.05, 0.1) is 6.26 Å². The number of unbranched alkanes of at least 4 members (excludes halogenated alkanes) is 1. The van der Waals surface area contributed by atoms with E-state index < -0.39 is 10.0 Å². The van der Waals surface area contributed by atoms with E-state index in [9.17, 15) is 8.42 Å². The summed E-state index contributed by atoms with van der Waals surface area (Å²) < 4.78 is 24.1. The van der Waals surface area contributed by atoms with Crippen molar-refractivity contribution in [2.75, 3.05) is 12.8 Å². The molecule has 0 heterocycles. The van der Waals surface area contributed by atoms with Gasteiger partial charge in [-0.1, -0.05) is 26.2 Å². The second kappa shape index (κ2) is 5.85. The topological polar surface area (TPSA) is 46.2 Å². The lowest BCUT2D eigenvalue weighted by Crippen LogP contribution is -2.22. The quantitative estimate of drug-likeness (QED) is 0.653. The molecule has 0 aliphatic heterocycles. The van der Waals surface area contributed by atoms with Crippen LogP contribution in [0.1, 0.15) is 45.4 Å². The van der Waals surface area contributed by atoms with Gasteiger partial charge in [0.25, 0.3) is 0 Å². The minimum Gasteiger partial charge on any atom is -0.215 e. The van der Waals surface area contributed by atoms with Gasteiger partial charge in [-0.25, -0.2) is 13.1 Å². The molecule has 2 atom stereocenters. The van der Waals surface area contributed by atoms with Crippen LogP contribution >= 0.6 is 0 Å². The molecule has 0 amide bonds. The van der Waals surface area contributed by atoms with Crippen LogP contribution in [0.2, 0.25) is 0 Å². The van der Waals surface area contributed by atoms with Crippen molar-refractivity contribution in [3.63, 3.8) is 0 Å². The van der Waals surface area contributed by atoms with Crippen molar-refractivity contribution in [2.45, 2.75) is 45.4 Å². The highest BCUT2D eigenvalue weighted by molar-refractivity contribution is 7.88.